The van der Waals surface area contributed by atoms with Crippen LogP contribution in [0.2, 0.25) is 5.02 Å². The molecule has 2 heterocycles. The number of aromatic nitrogens is 1. The van der Waals surface area contributed by atoms with Gasteiger partial charge in [0.05, 0.1) is 16.8 Å². The summed E-state index contributed by atoms with van der Waals surface area (Å²) in [6.07, 6.45) is 2.70. The fourth-order valence-corrected chi connectivity index (χ4v) is 2.62. The number of halogens is 3. The molecule has 0 aliphatic carbocycles. The SMILES string of the molecule is O=C([O-])c1oc2c(Cl)cncc2c1Nc1ccc(I)cc1F.[Na+]. The molecule has 112 valence electrons. The summed E-state index contributed by atoms with van der Waals surface area (Å²) in [6, 6.07) is 4.49. The van der Waals surface area contributed by atoms with Gasteiger partial charge in [-0.15, -0.1) is 0 Å². The average Bonchev–Trinajstić information content (AvgIpc) is 2.82. The third-order valence-electron chi connectivity index (χ3n) is 2.93. The number of anilines is 2. The number of rotatable bonds is 3. The topological polar surface area (TPSA) is 78.2 Å². The molecular formula is C14H6ClFIN2NaO3. The van der Waals surface area contributed by atoms with Crippen molar-refractivity contribution in [2.24, 2.45) is 0 Å². The van der Waals surface area contributed by atoms with Crippen LogP contribution in [0.25, 0.3) is 11.0 Å². The maximum Gasteiger partial charge on any atom is 1.00 e. The van der Waals surface area contributed by atoms with Crippen LogP contribution in [-0.2, 0) is 0 Å². The van der Waals surface area contributed by atoms with Gasteiger partial charge in [0.1, 0.15) is 16.8 Å². The molecule has 3 aromatic rings. The third-order valence-corrected chi connectivity index (χ3v) is 3.87. The number of nitrogens with one attached hydrogen (secondary N) is 1. The average molecular weight is 455 g/mol. The summed E-state index contributed by atoms with van der Waals surface area (Å²) in [5, 5.41) is 14.4. The number of hydrogen-bond donors (Lipinski definition) is 1. The van der Waals surface area contributed by atoms with Crippen molar-refractivity contribution in [3.63, 3.8) is 0 Å². The van der Waals surface area contributed by atoms with Gasteiger partial charge in [0.2, 0.25) is 0 Å². The Labute approximate surface area is 170 Å². The van der Waals surface area contributed by atoms with Gasteiger partial charge in [-0.05, 0) is 40.8 Å². The van der Waals surface area contributed by atoms with Crippen molar-refractivity contribution < 1.29 is 48.3 Å². The number of carbonyl (C=O) groups excluding carboxylic acids is 1. The van der Waals surface area contributed by atoms with Crippen molar-refractivity contribution in [3.05, 3.63) is 50.8 Å². The zero-order valence-corrected chi connectivity index (χ0v) is 16.6. The van der Waals surface area contributed by atoms with Crippen LogP contribution in [0.4, 0.5) is 15.8 Å². The predicted octanol–water partition coefficient (Wildman–Crippen LogP) is 0.336. The summed E-state index contributed by atoms with van der Waals surface area (Å²) < 4.78 is 19.9. The minimum Gasteiger partial charge on any atom is -0.541 e. The van der Waals surface area contributed by atoms with Gasteiger partial charge in [-0.1, -0.05) is 11.6 Å². The quantitative estimate of drug-likeness (QED) is 0.456. The third kappa shape index (κ3) is 3.63. The Balaban J connectivity index is 0.00000192. The number of carboxylic acid groups (broad SMARTS) is 1. The maximum atomic E-state index is 14.0. The van der Waals surface area contributed by atoms with Crippen LogP contribution >= 0.6 is 34.2 Å². The second-order valence-corrected chi connectivity index (χ2v) is 5.99. The summed E-state index contributed by atoms with van der Waals surface area (Å²) in [4.78, 5) is 15.1. The Kier molecular flexibility index (Phi) is 5.90. The van der Waals surface area contributed by atoms with E-state index < -0.39 is 17.5 Å². The molecule has 5 nitrogen and oxygen atoms in total. The fourth-order valence-electron chi connectivity index (χ4n) is 1.97. The standard InChI is InChI=1S/C14H7ClFIN2O3.Na/c15-8-5-18-4-7-11(13(14(20)21)22-12(7)8)19-10-2-1-6(17)3-9(10)16;/h1-5,19H,(H,20,21);/q;+1/p-1. The van der Waals surface area contributed by atoms with E-state index in [1.807, 2.05) is 22.6 Å². The summed E-state index contributed by atoms with van der Waals surface area (Å²) >= 11 is 7.90. The van der Waals surface area contributed by atoms with Crippen molar-refractivity contribution in [2.45, 2.75) is 0 Å². The number of pyridine rings is 1. The van der Waals surface area contributed by atoms with Crippen LogP contribution in [0.1, 0.15) is 10.6 Å². The molecule has 0 atom stereocenters. The first-order chi connectivity index (χ1) is 10.5. The molecule has 0 saturated carbocycles. The number of hydrogen-bond acceptors (Lipinski definition) is 5. The predicted molar refractivity (Wildman–Crippen MR) is 85.7 cm³/mol. The maximum absolute atomic E-state index is 14.0. The first-order valence-corrected chi connectivity index (χ1v) is 7.42. The molecule has 1 aromatic carbocycles. The smallest absolute Gasteiger partial charge is 0.541 e. The molecule has 1 N–H and O–H groups in total. The minimum atomic E-state index is -1.54. The van der Waals surface area contributed by atoms with E-state index in [-0.39, 0.29) is 51.5 Å². The number of carboxylic acids is 1. The molecule has 23 heavy (non-hydrogen) atoms. The molecular weight excluding hydrogens is 449 g/mol. The van der Waals surface area contributed by atoms with Crippen LogP contribution in [-0.4, -0.2) is 11.0 Å². The fraction of sp³-hybridized carbons (Fsp3) is 0. The van der Waals surface area contributed by atoms with E-state index in [2.05, 4.69) is 10.3 Å². The Hall–Kier alpha value is -0.870. The molecule has 0 amide bonds. The number of benzene rings is 1. The summed E-state index contributed by atoms with van der Waals surface area (Å²) in [5.74, 6) is -2.54. The zero-order chi connectivity index (χ0) is 15.9. The summed E-state index contributed by atoms with van der Waals surface area (Å²) in [7, 11) is 0. The second kappa shape index (κ2) is 7.35. The monoisotopic (exact) mass is 454 g/mol. The Morgan fingerprint density at radius 1 is 1.39 bits per heavy atom. The number of aromatic carboxylic acids is 1. The van der Waals surface area contributed by atoms with Gasteiger partial charge in [-0.25, -0.2) is 4.39 Å². The molecule has 9 heteroatoms. The minimum absolute atomic E-state index is 0. The normalized spacial score (nSPS) is 10.4. The number of nitrogens with zero attached hydrogens (tertiary/aromatic N) is 1. The van der Waals surface area contributed by atoms with Crippen LogP contribution in [0.3, 0.4) is 0 Å². The zero-order valence-electron chi connectivity index (χ0n) is 11.7. The molecule has 3 rings (SSSR count). The van der Waals surface area contributed by atoms with Gasteiger partial charge in [0, 0.05) is 16.0 Å². The summed E-state index contributed by atoms with van der Waals surface area (Å²) in [6.45, 7) is 0. The molecule has 0 bridgehead atoms. The first kappa shape index (κ1) is 18.5. The van der Waals surface area contributed by atoms with E-state index >= 15 is 0 Å². The Bertz CT molecular complexity index is 903. The van der Waals surface area contributed by atoms with Gasteiger partial charge in [-0.3, -0.25) is 4.98 Å². The van der Waals surface area contributed by atoms with Crippen molar-refractivity contribution >= 4 is 62.5 Å². The van der Waals surface area contributed by atoms with Gasteiger partial charge in [0.25, 0.3) is 0 Å². The molecule has 0 fully saturated rings. The van der Waals surface area contributed by atoms with Crippen LogP contribution in [0.15, 0.2) is 35.0 Å². The largest absolute Gasteiger partial charge is 1.00 e. The van der Waals surface area contributed by atoms with E-state index in [0.29, 0.717) is 8.96 Å². The van der Waals surface area contributed by atoms with Crippen molar-refractivity contribution in [1.29, 1.82) is 0 Å². The first-order valence-electron chi connectivity index (χ1n) is 5.97. The number of furan rings is 1. The van der Waals surface area contributed by atoms with Crippen LogP contribution < -0.4 is 40.0 Å². The van der Waals surface area contributed by atoms with Gasteiger partial charge in [0.15, 0.2) is 11.3 Å². The molecule has 0 aliphatic heterocycles. The second-order valence-electron chi connectivity index (χ2n) is 4.34. The molecule has 0 unspecified atom stereocenters. The number of fused-ring (bicyclic) bond motifs is 1. The van der Waals surface area contributed by atoms with E-state index in [4.69, 9.17) is 16.0 Å². The van der Waals surface area contributed by atoms with E-state index in [1.165, 1.54) is 24.5 Å². The van der Waals surface area contributed by atoms with Crippen LogP contribution in [0, 0.1) is 9.39 Å². The van der Waals surface area contributed by atoms with Gasteiger partial charge >= 0.3 is 29.6 Å². The van der Waals surface area contributed by atoms with Gasteiger partial charge < -0.3 is 19.6 Å². The van der Waals surface area contributed by atoms with Crippen molar-refractivity contribution in [2.75, 3.05) is 5.32 Å². The van der Waals surface area contributed by atoms with E-state index in [0.717, 1.165) is 0 Å². The molecule has 0 spiro atoms. The molecule has 0 saturated heterocycles. The molecule has 0 aliphatic rings. The van der Waals surface area contributed by atoms with E-state index in [9.17, 15) is 14.3 Å². The summed E-state index contributed by atoms with van der Waals surface area (Å²) in [5.41, 5.74) is 0.292. The van der Waals surface area contributed by atoms with Crippen LogP contribution in [0.5, 0.6) is 0 Å². The molecule has 2 aromatic heterocycles. The van der Waals surface area contributed by atoms with Gasteiger partial charge in [-0.2, -0.15) is 0 Å². The number of carbonyl (C=O) groups is 1. The van der Waals surface area contributed by atoms with Crippen molar-refractivity contribution in [3.8, 4) is 0 Å². The Morgan fingerprint density at radius 3 is 2.78 bits per heavy atom. The van der Waals surface area contributed by atoms with E-state index in [1.54, 1.807) is 6.07 Å². The molecule has 0 radical (unpaired) electrons. The van der Waals surface area contributed by atoms with Crippen molar-refractivity contribution in [1.82, 2.24) is 4.98 Å². The Morgan fingerprint density at radius 2 is 2.13 bits per heavy atom.